The summed E-state index contributed by atoms with van der Waals surface area (Å²) in [4.78, 5) is 24.1. The lowest BCUT2D eigenvalue weighted by Gasteiger charge is -2.22. The number of hydrogen-bond donors (Lipinski definition) is 2. The fourth-order valence-electron chi connectivity index (χ4n) is 3.48. The van der Waals surface area contributed by atoms with Gasteiger partial charge in [0.25, 0.3) is 11.8 Å². The van der Waals surface area contributed by atoms with Crippen LogP contribution in [0.25, 0.3) is 0 Å². The Morgan fingerprint density at radius 2 is 1.89 bits per heavy atom. The highest BCUT2D eigenvalue weighted by molar-refractivity contribution is 6.30. The lowest BCUT2D eigenvalue weighted by molar-refractivity contribution is 0.0950. The van der Waals surface area contributed by atoms with Crippen LogP contribution in [-0.2, 0) is 6.54 Å². The van der Waals surface area contributed by atoms with Crippen LogP contribution in [0, 0.1) is 5.92 Å². The van der Waals surface area contributed by atoms with Gasteiger partial charge in [-0.2, -0.15) is 0 Å². The van der Waals surface area contributed by atoms with Gasteiger partial charge < -0.3 is 15.8 Å². The van der Waals surface area contributed by atoms with Gasteiger partial charge >= 0.3 is 0 Å². The van der Waals surface area contributed by atoms with Gasteiger partial charge in [0.1, 0.15) is 5.75 Å². The van der Waals surface area contributed by atoms with E-state index in [1.165, 1.54) is 32.1 Å². The summed E-state index contributed by atoms with van der Waals surface area (Å²) in [5.41, 5.74) is 7.13. The molecule has 6 heteroatoms. The number of carbonyl (C=O) groups excluding carboxylic acids is 2. The largest absolute Gasteiger partial charge is 0.492 e. The van der Waals surface area contributed by atoms with E-state index in [-0.39, 0.29) is 12.5 Å². The number of ether oxygens (including phenoxy) is 1. The molecule has 0 heterocycles. The van der Waals surface area contributed by atoms with Crippen LogP contribution in [0.1, 0.15) is 58.4 Å². The lowest BCUT2D eigenvalue weighted by Crippen LogP contribution is -2.23. The molecule has 2 aromatic rings. The number of rotatable bonds is 7. The topological polar surface area (TPSA) is 81.4 Å². The fourth-order valence-corrected chi connectivity index (χ4v) is 3.67. The Morgan fingerprint density at radius 3 is 2.61 bits per heavy atom. The Kier molecular flexibility index (Phi) is 6.93. The zero-order valence-corrected chi connectivity index (χ0v) is 16.5. The van der Waals surface area contributed by atoms with Gasteiger partial charge in [-0.15, -0.1) is 0 Å². The van der Waals surface area contributed by atoms with Gasteiger partial charge in [0, 0.05) is 17.1 Å². The summed E-state index contributed by atoms with van der Waals surface area (Å²) in [7, 11) is 0. The molecule has 0 unspecified atom stereocenters. The molecule has 0 aromatic heterocycles. The monoisotopic (exact) mass is 400 g/mol. The summed E-state index contributed by atoms with van der Waals surface area (Å²) in [6, 6.07) is 12.0. The minimum Gasteiger partial charge on any atom is -0.492 e. The number of carbonyl (C=O) groups is 2. The van der Waals surface area contributed by atoms with Gasteiger partial charge in [-0.3, -0.25) is 9.59 Å². The maximum absolute atomic E-state index is 12.2. The smallest absolute Gasteiger partial charge is 0.252 e. The molecule has 0 radical (unpaired) electrons. The number of halogens is 1. The first-order valence-corrected chi connectivity index (χ1v) is 10.00. The van der Waals surface area contributed by atoms with E-state index in [1.54, 1.807) is 36.4 Å². The third kappa shape index (κ3) is 5.49. The number of primary amides is 1. The maximum Gasteiger partial charge on any atom is 0.252 e. The number of benzene rings is 2. The first-order valence-electron chi connectivity index (χ1n) is 9.62. The van der Waals surface area contributed by atoms with E-state index in [4.69, 9.17) is 22.1 Å². The molecule has 1 aliphatic carbocycles. The van der Waals surface area contributed by atoms with Gasteiger partial charge in [-0.1, -0.05) is 43.0 Å². The molecule has 0 aliphatic heterocycles. The van der Waals surface area contributed by atoms with Crippen LogP contribution in [0.3, 0.4) is 0 Å². The lowest BCUT2D eigenvalue weighted by atomic mass is 9.90. The Bertz CT molecular complexity index is 847. The molecule has 5 nitrogen and oxygen atoms in total. The van der Waals surface area contributed by atoms with Crippen molar-refractivity contribution in [1.82, 2.24) is 5.32 Å². The highest BCUT2D eigenvalue weighted by atomic mass is 35.5. The summed E-state index contributed by atoms with van der Waals surface area (Å²) in [6.45, 7) is 0.875. The summed E-state index contributed by atoms with van der Waals surface area (Å²) in [6.07, 6.45) is 6.10. The summed E-state index contributed by atoms with van der Waals surface area (Å²) < 4.78 is 5.90. The van der Waals surface area contributed by atoms with E-state index in [1.807, 2.05) is 6.07 Å². The first-order chi connectivity index (χ1) is 13.5. The van der Waals surface area contributed by atoms with E-state index in [0.29, 0.717) is 34.4 Å². The van der Waals surface area contributed by atoms with Crippen molar-refractivity contribution in [3.63, 3.8) is 0 Å². The average Bonchev–Trinajstić information content (AvgIpc) is 2.71. The number of nitrogens with one attached hydrogen (secondary N) is 1. The molecule has 0 atom stereocenters. The highest BCUT2D eigenvalue weighted by Crippen LogP contribution is 2.26. The predicted molar refractivity (Wildman–Crippen MR) is 110 cm³/mol. The van der Waals surface area contributed by atoms with E-state index in [9.17, 15) is 9.59 Å². The molecule has 2 aromatic carbocycles. The van der Waals surface area contributed by atoms with Gasteiger partial charge in [0.2, 0.25) is 0 Å². The first kappa shape index (κ1) is 20.2. The van der Waals surface area contributed by atoms with Crippen LogP contribution in [0.15, 0.2) is 42.5 Å². The average molecular weight is 401 g/mol. The van der Waals surface area contributed by atoms with Crippen molar-refractivity contribution in [1.29, 1.82) is 0 Å². The van der Waals surface area contributed by atoms with Crippen molar-refractivity contribution in [2.75, 3.05) is 6.61 Å². The van der Waals surface area contributed by atoms with Crippen LogP contribution in [0.2, 0.25) is 5.02 Å². The molecule has 0 spiro atoms. The van der Waals surface area contributed by atoms with Gasteiger partial charge in [0.05, 0.1) is 12.2 Å². The molecule has 0 saturated heterocycles. The molecular weight excluding hydrogens is 376 g/mol. The van der Waals surface area contributed by atoms with Crippen LogP contribution < -0.4 is 15.8 Å². The second-order valence-electron chi connectivity index (χ2n) is 7.20. The van der Waals surface area contributed by atoms with E-state index in [2.05, 4.69) is 5.32 Å². The molecule has 1 saturated carbocycles. The van der Waals surface area contributed by atoms with E-state index >= 15 is 0 Å². The third-order valence-corrected chi connectivity index (χ3v) is 5.28. The Hall–Kier alpha value is -2.53. The van der Waals surface area contributed by atoms with Crippen LogP contribution in [-0.4, -0.2) is 18.4 Å². The molecule has 1 fully saturated rings. The standard InChI is InChI=1S/C22H25ClN2O3/c23-18-8-4-7-17(12-18)22(27)25-13-16-9-10-20(19(11-16)21(24)26)28-14-15-5-2-1-3-6-15/h4,7-12,15H,1-3,5-6,13-14H2,(H2,24,26)(H,25,27). The fraction of sp³-hybridized carbons (Fsp3) is 0.364. The van der Waals surface area contributed by atoms with Crippen molar-refractivity contribution in [3.05, 3.63) is 64.2 Å². The quantitative estimate of drug-likeness (QED) is 0.725. The van der Waals surface area contributed by atoms with Crippen LogP contribution in [0.5, 0.6) is 5.75 Å². The minimum absolute atomic E-state index is 0.235. The van der Waals surface area contributed by atoms with Gasteiger partial charge in [0.15, 0.2) is 0 Å². The van der Waals surface area contributed by atoms with Crippen molar-refractivity contribution >= 4 is 23.4 Å². The number of amides is 2. The molecular formula is C22H25ClN2O3. The van der Waals surface area contributed by atoms with Crippen molar-refractivity contribution < 1.29 is 14.3 Å². The maximum atomic E-state index is 12.2. The molecule has 3 rings (SSSR count). The molecule has 148 valence electrons. The van der Waals surface area contributed by atoms with E-state index in [0.717, 1.165) is 5.56 Å². The Morgan fingerprint density at radius 1 is 1.11 bits per heavy atom. The van der Waals surface area contributed by atoms with Crippen molar-refractivity contribution in [3.8, 4) is 5.75 Å². The molecule has 0 bridgehead atoms. The Labute approximate surface area is 170 Å². The number of hydrogen-bond acceptors (Lipinski definition) is 3. The van der Waals surface area contributed by atoms with Crippen LogP contribution >= 0.6 is 11.6 Å². The molecule has 28 heavy (non-hydrogen) atoms. The number of nitrogens with two attached hydrogens (primary N) is 1. The zero-order valence-electron chi connectivity index (χ0n) is 15.7. The second kappa shape index (κ2) is 9.60. The van der Waals surface area contributed by atoms with Crippen LogP contribution in [0.4, 0.5) is 0 Å². The normalized spacial score (nSPS) is 14.5. The molecule has 3 N–H and O–H groups in total. The third-order valence-electron chi connectivity index (χ3n) is 5.05. The second-order valence-corrected chi connectivity index (χ2v) is 7.64. The van der Waals surface area contributed by atoms with Crippen molar-refractivity contribution in [2.24, 2.45) is 11.7 Å². The predicted octanol–water partition coefficient (Wildman–Crippen LogP) is 4.33. The molecule has 2 amide bonds. The summed E-state index contributed by atoms with van der Waals surface area (Å²) >= 11 is 5.92. The van der Waals surface area contributed by atoms with Crippen molar-refractivity contribution in [2.45, 2.75) is 38.6 Å². The summed E-state index contributed by atoms with van der Waals surface area (Å²) in [5.74, 6) is 0.261. The minimum atomic E-state index is -0.540. The Balaban J connectivity index is 1.63. The summed E-state index contributed by atoms with van der Waals surface area (Å²) in [5, 5.41) is 3.32. The molecule has 1 aliphatic rings. The zero-order chi connectivity index (χ0) is 19.9. The highest BCUT2D eigenvalue weighted by Gasteiger charge is 2.17. The van der Waals surface area contributed by atoms with E-state index < -0.39 is 5.91 Å². The van der Waals surface area contributed by atoms with Gasteiger partial charge in [-0.25, -0.2) is 0 Å². The van der Waals surface area contributed by atoms with Gasteiger partial charge in [-0.05, 0) is 54.7 Å². The SMILES string of the molecule is NC(=O)c1cc(CNC(=O)c2cccc(Cl)c2)ccc1OCC1CCCCC1.